The average molecular weight is 480 g/mol. The van der Waals surface area contributed by atoms with Gasteiger partial charge in [0.15, 0.2) is 11.5 Å². The summed E-state index contributed by atoms with van der Waals surface area (Å²) in [6.45, 7) is 1.77. The molecule has 5 aromatic rings. The number of aromatic nitrogens is 7. The minimum Gasteiger partial charge on any atom is -0.382 e. The van der Waals surface area contributed by atoms with Gasteiger partial charge in [-0.2, -0.15) is 5.10 Å². The summed E-state index contributed by atoms with van der Waals surface area (Å²) in [6, 6.07) is 10.3. The fourth-order valence-electron chi connectivity index (χ4n) is 3.80. The van der Waals surface area contributed by atoms with E-state index in [1.165, 1.54) is 21.4 Å². The molecular weight excluding hydrogens is 458 g/mol. The van der Waals surface area contributed by atoms with Gasteiger partial charge in [0, 0.05) is 31.7 Å². The number of imidazole rings is 1. The maximum absolute atomic E-state index is 13.8. The number of nitrogens with two attached hydrogens (primary N) is 1. The summed E-state index contributed by atoms with van der Waals surface area (Å²) in [6.07, 6.45) is 7.77. The van der Waals surface area contributed by atoms with Crippen LogP contribution in [0.4, 0.5) is 5.82 Å². The Morgan fingerprint density at radius 1 is 1.08 bits per heavy atom. The number of hydrogen-bond acceptors (Lipinski definition) is 7. The zero-order valence-corrected chi connectivity index (χ0v) is 19.5. The maximum atomic E-state index is 13.8. The van der Waals surface area contributed by atoms with Crippen LogP contribution in [0, 0.1) is 11.8 Å². The van der Waals surface area contributed by atoms with Crippen molar-refractivity contribution in [2.45, 2.75) is 13.0 Å². The van der Waals surface area contributed by atoms with Crippen molar-refractivity contribution in [1.29, 1.82) is 0 Å². The molecule has 0 fully saturated rings. The lowest BCUT2D eigenvalue weighted by atomic mass is 10.2. The van der Waals surface area contributed by atoms with Gasteiger partial charge in [-0.1, -0.05) is 24.1 Å². The molecule has 1 aromatic carbocycles. The highest BCUT2D eigenvalue weighted by Crippen LogP contribution is 2.19. The number of nitrogens with zero attached hydrogens (tertiary/aromatic N) is 7. The number of rotatable bonds is 4. The van der Waals surface area contributed by atoms with E-state index in [0.717, 1.165) is 0 Å². The van der Waals surface area contributed by atoms with Gasteiger partial charge >= 0.3 is 5.69 Å². The van der Waals surface area contributed by atoms with Gasteiger partial charge in [0.25, 0.3) is 5.91 Å². The highest BCUT2D eigenvalue weighted by atomic mass is 16.2. The molecule has 11 heteroatoms. The predicted molar refractivity (Wildman–Crippen MR) is 132 cm³/mol. The van der Waals surface area contributed by atoms with Crippen LogP contribution in [-0.4, -0.2) is 39.6 Å². The topological polar surface area (TPSA) is 138 Å². The quantitative estimate of drug-likeness (QED) is 0.372. The van der Waals surface area contributed by atoms with Gasteiger partial charge in [-0.15, -0.1) is 0 Å². The molecule has 178 valence electrons. The number of nitrogens with one attached hydrogen (secondary N) is 1. The van der Waals surface area contributed by atoms with E-state index in [4.69, 9.17) is 5.73 Å². The Bertz CT molecular complexity index is 1700. The largest absolute Gasteiger partial charge is 0.382 e. The Kier molecular flexibility index (Phi) is 5.75. The van der Waals surface area contributed by atoms with Crippen molar-refractivity contribution >= 4 is 17.4 Å². The first-order chi connectivity index (χ1) is 17.4. The number of benzene rings is 1. The molecule has 0 saturated carbocycles. The molecule has 0 radical (unpaired) electrons. The second-order valence-electron chi connectivity index (χ2n) is 8.00. The molecule has 0 aliphatic carbocycles. The summed E-state index contributed by atoms with van der Waals surface area (Å²) >= 11 is 0. The van der Waals surface area contributed by atoms with Crippen molar-refractivity contribution in [2.24, 2.45) is 7.05 Å². The lowest BCUT2D eigenvalue weighted by Crippen LogP contribution is -2.35. The molecule has 4 heterocycles. The van der Waals surface area contributed by atoms with E-state index in [1.54, 1.807) is 43.3 Å². The van der Waals surface area contributed by atoms with Gasteiger partial charge in [-0.3, -0.25) is 14.0 Å². The van der Waals surface area contributed by atoms with Gasteiger partial charge in [-0.05, 0) is 25.0 Å². The fraction of sp³-hybridized carbons (Fsp3) is 0.120. The monoisotopic (exact) mass is 479 g/mol. The first-order valence-corrected chi connectivity index (χ1v) is 11.0. The molecule has 0 spiro atoms. The third-order valence-electron chi connectivity index (χ3n) is 5.49. The number of nitrogen functional groups attached to an aromatic ring is 1. The van der Waals surface area contributed by atoms with E-state index in [-0.39, 0.29) is 17.2 Å². The zero-order valence-electron chi connectivity index (χ0n) is 19.5. The van der Waals surface area contributed by atoms with Crippen molar-refractivity contribution < 1.29 is 4.79 Å². The van der Waals surface area contributed by atoms with E-state index in [2.05, 4.69) is 37.2 Å². The number of hydrogen-bond donors (Lipinski definition) is 2. The Balaban J connectivity index is 1.62. The van der Waals surface area contributed by atoms with E-state index in [9.17, 15) is 9.59 Å². The zero-order chi connectivity index (χ0) is 25.2. The number of fused-ring (bicyclic) bond motifs is 1. The molecule has 1 unspecified atom stereocenters. The number of amides is 1. The molecule has 11 nitrogen and oxygen atoms in total. The van der Waals surface area contributed by atoms with Crippen LogP contribution in [0.5, 0.6) is 0 Å². The van der Waals surface area contributed by atoms with Crippen molar-refractivity contribution in [2.75, 3.05) is 5.73 Å². The van der Waals surface area contributed by atoms with Gasteiger partial charge in [0.1, 0.15) is 11.3 Å². The van der Waals surface area contributed by atoms with Gasteiger partial charge in [0.05, 0.1) is 35.4 Å². The van der Waals surface area contributed by atoms with E-state index < -0.39 is 11.9 Å². The first-order valence-electron chi connectivity index (χ1n) is 11.0. The molecule has 0 aliphatic rings. The lowest BCUT2D eigenvalue weighted by Gasteiger charge is -2.20. The molecule has 0 aliphatic heterocycles. The molecule has 1 atom stereocenters. The van der Waals surface area contributed by atoms with Crippen LogP contribution in [0.2, 0.25) is 0 Å². The van der Waals surface area contributed by atoms with Gasteiger partial charge in [0.2, 0.25) is 0 Å². The highest BCUT2D eigenvalue weighted by molar-refractivity contribution is 5.96. The molecule has 0 bridgehead atoms. The molecule has 0 saturated heterocycles. The predicted octanol–water partition coefficient (Wildman–Crippen LogP) is 1.48. The van der Waals surface area contributed by atoms with Crippen LogP contribution in [0.3, 0.4) is 0 Å². The van der Waals surface area contributed by atoms with Gasteiger partial charge < -0.3 is 11.1 Å². The van der Waals surface area contributed by atoms with Crippen LogP contribution >= 0.6 is 0 Å². The number of aryl methyl sites for hydroxylation is 1. The Morgan fingerprint density at radius 3 is 2.58 bits per heavy atom. The van der Waals surface area contributed by atoms with Crippen LogP contribution in [0.1, 0.15) is 40.4 Å². The van der Waals surface area contributed by atoms with Crippen LogP contribution in [-0.2, 0) is 7.05 Å². The Hall–Kier alpha value is -5.24. The van der Waals surface area contributed by atoms with Crippen LogP contribution in [0.25, 0.3) is 11.3 Å². The molecular formula is C25H21N9O2. The Labute approximate surface area is 205 Å². The van der Waals surface area contributed by atoms with Crippen molar-refractivity contribution in [3.8, 4) is 17.5 Å². The maximum Gasteiger partial charge on any atom is 0.339 e. The Morgan fingerprint density at radius 2 is 1.86 bits per heavy atom. The summed E-state index contributed by atoms with van der Waals surface area (Å²) in [5.74, 6) is 5.53. The van der Waals surface area contributed by atoms with E-state index >= 15 is 0 Å². The van der Waals surface area contributed by atoms with Crippen molar-refractivity contribution in [3.05, 3.63) is 101 Å². The van der Waals surface area contributed by atoms with Crippen LogP contribution in [0.15, 0.2) is 72.2 Å². The van der Waals surface area contributed by atoms with Crippen molar-refractivity contribution in [1.82, 2.24) is 39.0 Å². The molecule has 1 amide bonds. The van der Waals surface area contributed by atoms with Gasteiger partial charge in [-0.25, -0.2) is 24.1 Å². The summed E-state index contributed by atoms with van der Waals surface area (Å²) in [7, 11) is 1.80. The number of carbonyl (C=O) groups excluding carboxylic acids is 1. The summed E-state index contributed by atoms with van der Waals surface area (Å²) in [4.78, 5) is 39.0. The third kappa shape index (κ3) is 4.19. The smallest absolute Gasteiger partial charge is 0.339 e. The number of para-hydroxylation sites is 1. The van der Waals surface area contributed by atoms with E-state index in [1.807, 2.05) is 30.3 Å². The number of anilines is 1. The normalized spacial score (nSPS) is 11.6. The minimum absolute atomic E-state index is 0.00723. The summed E-state index contributed by atoms with van der Waals surface area (Å²) in [5, 5.41) is 6.96. The minimum atomic E-state index is -0.599. The molecule has 3 N–H and O–H groups in total. The van der Waals surface area contributed by atoms with Crippen molar-refractivity contribution in [3.63, 3.8) is 0 Å². The average Bonchev–Trinajstić information content (AvgIpc) is 3.49. The summed E-state index contributed by atoms with van der Waals surface area (Å²) < 4.78 is 4.61. The van der Waals surface area contributed by atoms with Crippen LogP contribution < -0.4 is 16.7 Å². The fourth-order valence-corrected chi connectivity index (χ4v) is 3.80. The molecule has 5 rings (SSSR count). The molecule has 36 heavy (non-hydrogen) atoms. The van der Waals surface area contributed by atoms with E-state index in [0.29, 0.717) is 28.3 Å². The lowest BCUT2D eigenvalue weighted by molar-refractivity contribution is 0.0934. The second kappa shape index (κ2) is 9.19. The standard InChI is InChI=1S/C25H21N9O2/c1-16(31-24(35)22-23(26)28-11-10-27-22)20-12-21-29-14-19(9-8-17-13-30-32(2)15-17)34(21)25(36)33(20)18-6-4-3-5-7-18/h3-7,10-16H,1-2H3,(H2,26,28)(H,31,35). The molecule has 4 aromatic heterocycles. The second-order valence-corrected chi connectivity index (χ2v) is 8.00. The SMILES string of the molecule is CC(NC(=O)c1nccnc1N)c1cc2ncc(C#Cc3cnn(C)c3)n2c(=O)n1-c1ccccc1. The number of carbonyl (C=O) groups is 1. The third-order valence-corrected chi connectivity index (χ3v) is 5.49. The highest BCUT2D eigenvalue weighted by Gasteiger charge is 2.21. The first kappa shape index (κ1) is 22.5. The summed E-state index contributed by atoms with van der Waals surface area (Å²) in [5.41, 5.74) is 8.13.